The van der Waals surface area contributed by atoms with E-state index >= 15 is 0 Å². The van der Waals surface area contributed by atoms with Gasteiger partial charge in [-0.25, -0.2) is 8.51 Å². The van der Waals surface area contributed by atoms with Crippen LogP contribution in [0.3, 0.4) is 0 Å². The highest BCUT2D eigenvalue weighted by molar-refractivity contribution is 7.84. The van der Waals surface area contributed by atoms with Gasteiger partial charge in [0.05, 0.1) is 15.7 Å². The predicted octanol–water partition coefficient (Wildman–Crippen LogP) is 1.54. The first-order valence-corrected chi connectivity index (χ1v) is 5.78. The number of fused-ring (bicyclic) bond motifs is 1. The van der Waals surface area contributed by atoms with Crippen molar-refractivity contribution in [1.82, 2.24) is 4.31 Å². The van der Waals surface area contributed by atoms with Crippen LogP contribution in [0.15, 0.2) is 0 Å². The minimum atomic E-state index is -0.768. The Morgan fingerprint density at radius 3 is 2.25 bits per heavy atom. The second kappa shape index (κ2) is 2.55. The SMILES string of the molecule is CC(C)(C)S(=O)N1CC2CC1C2. The van der Waals surface area contributed by atoms with Gasteiger partial charge in [-0.1, -0.05) is 0 Å². The molecule has 2 saturated heterocycles. The minimum Gasteiger partial charge on any atom is -0.242 e. The van der Waals surface area contributed by atoms with Crippen LogP contribution >= 0.6 is 0 Å². The molecule has 0 aromatic heterocycles. The topological polar surface area (TPSA) is 20.3 Å². The summed E-state index contributed by atoms with van der Waals surface area (Å²) in [7, 11) is -0.768. The molecule has 1 atom stereocenters. The van der Waals surface area contributed by atoms with E-state index in [9.17, 15) is 4.21 Å². The van der Waals surface area contributed by atoms with E-state index in [1.807, 2.05) is 0 Å². The fourth-order valence-corrected chi connectivity index (χ4v) is 3.54. The zero-order valence-electron chi connectivity index (χ0n) is 8.04. The molecule has 2 heterocycles. The number of nitrogens with zero attached hydrogens (tertiary/aromatic N) is 1. The summed E-state index contributed by atoms with van der Waals surface area (Å²) in [6.45, 7) is 7.24. The van der Waals surface area contributed by atoms with Gasteiger partial charge in [0.15, 0.2) is 0 Å². The highest BCUT2D eigenvalue weighted by Gasteiger charge is 2.47. The van der Waals surface area contributed by atoms with E-state index in [2.05, 4.69) is 25.1 Å². The van der Waals surface area contributed by atoms with E-state index < -0.39 is 11.0 Å². The number of hydrogen-bond acceptors (Lipinski definition) is 1. The Labute approximate surface area is 76.9 Å². The average molecular weight is 187 g/mol. The van der Waals surface area contributed by atoms with Crippen LogP contribution in [0, 0.1) is 5.92 Å². The van der Waals surface area contributed by atoms with Gasteiger partial charge in [-0.2, -0.15) is 0 Å². The second-order valence-electron chi connectivity index (χ2n) is 4.95. The zero-order valence-corrected chi connectivity index (χ0v) is 8.86. The van der Waals surface area contributed by atoms with Crippen molar-refractivity contribution in [3.8, 4) is 0 Å². The highest BCUT2D eigenvalue weighted by Crippen LogP contribution is 2.42. The minimum absolute atomic E-state index is 0.0719. The molecule has 3 fully saturated rings. The molecule has 0 aromatic rings. The molecule has 3 aliphatic rings. The lowest BCUT2D eigenvalue weighted by molar-refractivity contribution is 0.331. The van der Waals surface area contributed by atoms with Gasteiger partial charge < -0.3 is 0 Å². The predicted molar refractivity (Wildman–Crippen MR) is 51.1 cm³/mol. The molecule has 12 heavy (non-hydrogen) atoms. The molecule has 1 unspecified atom stereocenters. The third-order valence-electron chi connectivity index (χ3n) is 2.79. The Balaban J connectivity index is 2.06. The Bertz CT molecular complexity index is 215. The van der Waals surface area contributed by atoms with Crippen molar-refractivity contribution in [2.45, 2.75) is 44.4 Å². The van der Waals surface area contributed by atoms with E-state index in [-0.39, 0.29) is 4.75 Å². The van der Waals surface area contributed by atoms with Crippen LogP contribution in [-0.4, -0.2) is 25.8 Å². The molecule has 0 N–H and O–H groups in total. The summed E-state index contributed by atoms with van der Waals surface area (Å²) < 4.78 is 14.1. The van der Waals surface area contributed by atoms with Gasteiger partial charge in [0.2, 0.25) is 0 Å². The third kappa shape index (κ3) is 1.23. The quantitative estimate of drug-likeness (QED) is 0.610. The second-order valence-corrected chi connectivity index (χ2v) is 7.14. The molecular weight excluding hydrogens is 170 g/mol. The van der Waals surface area contributed by atoms with Crippen LogP contribution in [0.25, 0.3) is 0 Å². The first-order valence-electron chi connectivity index (χ1n) is 4.67. The summed E-state index contributed by atoms with van der Waals surface area (Å²) in [6.07, 6.45) is 2.59. The molecule has 3 heteroatoms. The fraction of sp³-hybridized carbons (Fsp3) is 1.00. The maximum Gasteiger partial charge on any atom is 0.1000 e. The van der Waals surface area contributed by atoms with Gasteiger partial charge >= 0.3 is 0 Å². The Hall–Kier alpha value is 0.110. The number of rotatable bonds is 1. The van der Waals surface area contributed by atoms with E-state index in [0.717, 1.165) is 12.5 Å². The van der Waals surface area contributed by atoms with Crippen LogP contribution in [0.5, 0.6) is 0 Å². The molecule has 0 spiro atoms. The normalized spacial score (nSPS) is 37.9. The molecule has 3 rings (SSSR count). The number of hydrogen-bond donors (Lipinski definition) is 0. The van der Waals surface area contributed by atoms with Crippen molar-refractivity contribution in [3.05, 3.63) is 0 Å². The van der Waals surface area contributed by atoms with E-state index in [1.165, 1.54) is 12.8 Å². The van der Waals surface area contributed by atoms with Gasteiger partial charge in [0.25, 0.3) is 0 Å². The molecular formula is C9H17NOS. The Morgan fingerprint density at radius 2 is 1.92 bits per heavy atom. The lowest BCUT2D eigenvalue weighted by Gasteiger charge is -2.29. The summed E-state index contributed by atoms with van der Waals surface area (Å²) in [4.78, 5) is 0. The lowest BCUT2D eigenvalue weighted by atomic mass is 9.87. The molecule has 0 amide bonds. The van der Waals surface area contributed by atoms with E-state index in [0.29, 0.717) is 6.04 Å². The van der Waals surface area contributed by atoms with Gasteiger partial charge in [-0.05, 0) is 39.5 Å². The van der Waals surface area contributed by atoms with E-state index in [1.54, 1.807) is 0 Å². The molecule has 2 nitrogen and oxygen atoms in total. The average Bonchev–Trinajstić information content (AvgIpc) is 2.36. The standard InChI is InChI=1S/C9H17NOS/c1-9(2,3)12(11)10-6-7-4-8(10)5-7/h7-8H,4-6H2,1-3H3. The third-order valence-corrected chi connectivity index (χ3v) is 4.71. The van der Waals surface area contributed by atoms with Gasteiger partial charge in [-0.15, -0.1) is 0 Å². The van der Waals surface area contributed by atoms with Crippen molar-refractivity contribution in [2.75, 3.05) is 6.54 Å². The van der Waals surface area contributed by atoms with Crippen molar-refractivity contribution in [2.24, 2.45) is 5.92 Å². The van der Waals surface area contributed by atoms with Crippen molar-refractivity contribution in [1.29, 1.82) is 0 Å². The zero-order chi connectivity index (χ0) is 8.93. The Morgan fingerprint density at radius 1 is 1.33 bits per heavy atom. The van der Waals surface area contributed by atoms with Gasteiger partial charge in [0.1, 0.15) is 0 Å². The largest absolute Gasteiger partial charge is 0.242 e. The van der Waals surface area contributed by atoms with Crippen LogP contribution in [0.1, 0.15) is 33.6 Å². The Kier molecular flexibility index (Phi) is 1.85. The van der Waals surface area contributed by atoms with Crippen molar-refractivity contribution in [3.63, 3.8) is 0 Å². The highest BCUT2D eigenvalue weighted by atomic mass is 32.2. The molecule has 0 radical (unpaired) electrons. The fourth-order valence-electron chi connectivity index (χ4n) is 2.04. The summed E-state index contributed by atoms with van der Waals surface area (Å²) in [5.41, 5.74) is 0. The maximum absolute atomic E-state index is 11.9. The van der Waals surface area contributed by atoms with Crippen LogP contribution in [0.4, 0.5) is 0 Å². The first kappa shape index (κ1) is 8.70. The molecule has 2 aliphatic heterocycles. The molecule has 2 bridgehead atoms. The summed E-state index contributed by atoms with van der Waals surface area (Å²) in [5.74, 6) is 0.862. The monoisotopic (exact) mass is 187 g/mol. The maximum atomic E-state index is 11.9. The summed E-state index contributed by atoms with van der Waals surface area (Å²) in [6, 6.07) is 0.648. The summed E-state index contributed by atoms with van der Waals surface area (Å²) in [5, 5.41) is 0. The summed E-state index contributed by atoms with van der Waals surface area (Å²) >= 11 is 0. The van der Waals surface area contributed by atoms with Gasteiger partial charge in [-0.3, -0.25) is 0 Å². The lowest BCUT2D eigenvalue weighted by Crippen LogP contribution is -2.39. The molecule has 1 saturated carbocycles. The van der Waals surface area contributed by atoms with E-state index in [4.69, 9.17) is 0 Å². The first-order chi connectivity index (χ1) is 5.48. The van der Waals surface area contributed by atoms with Crippen LogP contribution < -0.4 is 0 Å². The molecule has 1 aliphatic carbocycles. The van der Waals surface area contributed by atoms with Crippen LogP contribution in [-0.2, 0) is 11.0 Å². The van der Waals surface area contributed by atoms with Crippen molar-refractivity contribution >= 4 is 11.0 Å². The van der Waals surface area contributed by atoms with Crippen LogP contribution in [0.2, 0.25) is 0 Å². The molecule has 70 valence electrons. The van der Waals surface area contributed by atoms with Gasteiger partial charge in [0, 0.05) is 12.6 Å². The smallest absolute Gasteiger partial charge is 0.1000 e. The molecule has 0 aromatic carbocycles. The van der Waals surface area contributed by atoms with Crippen molar-refractivity contribution < 1.29 is 4.21 Å².